The molecule has 0 spiro atoms. The first-order valence-electron chi connectivity index (χ1n) is 6.48. The molecule has 1 aromatic carbocycles. The third kappa shape index (κ3) is 4.70. The van der Waals surface area contributed by atoms with Crippen molar-refractivity contribution in [3.05, 3.63) is 36.2 Å². The molecule has 0 saturated heterocycles. The molecular weight excluding hydrogens is 344 g/mol. The molecular formula is C13H19ClN4O2S2. The lowest BCUT2D eigenvalue weighted by Gasteiger charge is -2.05. The van der Waals surface area contributed by atoms with Crippen LogP contribution in [0.3, 0.4) is 0 Å². The summed E-state index contributed by atoms with van der Waals surface area (Å²) >= 11 is 1.40. The van der Waals surface area contributed by atoms with E-state index in [0.717, 1.165) is 11.0 Å². The molecule has 0 fully saturated rings. The van der Waals surface area contributed by atoms with Crippen LogP contribution in [0.1, 0.15) is 5.82 Å². The minimum Gasteiger partial charge on any atom is -0.313 e. The molecule has 122 valence electrons. The Hall–Kier alpha value is -1.09. The summed E-state index contributed by atoms with van der Waals surface area (Å²) in [6, 6.07) is 8.50. The van der Waals surface area contributed by atoms with Crippen molar-refractivity contribution in [3.8, 4) is 0 Å². The van der Waals surface area contributed by atoms with Gasteiger partial charge in [-0.05, 0) is 19.2 Å². The van der Waals surface area contributed by atoms with Crippen molar-refractivity contribution in [1.82, 2.24) is 20.1 Å². The van der Waals surface area contributed by atoms with E-state index in [9.17, 15) is 8.42 Å². The van der Waals surface area contributed by atoms with Crippen molar-refractivity contribution < 1.29 is 8.42 Å². The molecule has 0 atom stereocenters. The summed E-state index contributed by atoms with van der Waals surface area (Å²) < 4.78 is 26.2. The van der Waals surface area contributed by atoms with E-state index in [4.69, 9.17) is 0 Å². The molecule has 0 saturated carbocycles. The van der Waals surface area contributed by atoms with E-state index in [2.05, 4.69) is 15.5 Å². The Kier molecular flexibility index (Phi) is 7.34. The average molecular weight is 363 g/mol. The van der Waals surface area contributed by atoms with Gasteiger partial charge in [-0.15, -0.1) is 22.6 Å². The van der Waals surface area contributed by atoms with E-state index < -0.39 is 9.84 Å². The van der Waals surface area contributed by atoms with Gasteiger partial charge in [-0.25, -0.2) is 8.42 Å². The number of nitrogens with zero attached hydrogens (tertiary/aromatic N) is 3. The van der Waals surface area contributed by atoms with Crippen molar-refractivity contribution in [2.45, 2.75) is 16.6 Å². The van der Waals surface area contributed by atoms with Crippen LogP contribution in [0.4, 0.5) is 0 Å². The summed E-state index contributed by atoms with van der Waals surface area (Å²) in [4.78, 5) is 0.361. The minimum atomic E-state index is -3.24. The number of rotatable bonds is 7. The van der Waals surface area contributed by atoms with Gasteiger partial charge in [-0.2, -0.15) is 0 Å². The van der Waals surface area contributed by atoms with Gasteiger partial charge in [0.1, 0.15) is 5.82 Å². The Morgan fingerprint density at radius 3 is 2.55 bits per heavy atom. The third-order valence-corrected chi connectivity index (χ3v) is 5.96. The zero-order chi connectivity index (χ0) is 15.3. The SMILES string of the molecule is CNCc1nnc(SCCS(=O)(=O)c2ccccc2)n1C.Cl. The number of aromatic nitrogens is 3. The van der Waals surface area contributed by atoms with E-state index in [0.29, 0.717) is 17.2 Å². The average Bonchev–Trinajstić information content (AvgIpc) is 2.82. The van der Waals surface area contributed by atoms with Crippen molar-refractivity contribution in [2.24, 2.45) is 7.05 Å². The summed E-state index contributed by atoms with van der Waals surface area (Å²) in [5.41, 5.74) is 0. The molecule has 0 aliphatic rings. The second-order valence-electron chi connectivity index (χ2n) is 4.47. The van der Waals surface area contributed by atoms with Crippen molar-refractivity contribution in [3.63, 3.8) is 0 Å². The van der Waals surface area contributed by atoms with Gasteiger partial charge in [-0.1, -0.05) is 30.0 Å². The summed E-state index contributed by atoms with van der Waals surface area (Å²) in [6.45, 7) is 0.631. The summed E-state index contributed by atoms with van der Waals surface area (Å²) in [6.07, 6.45) is 0. The Bertz CT molecular complexity index is 689. The molecule has 1 N–H and O–H groups in total. The molecule has 0 aliphatic heterocycles. The Balaban J connectivity index is 0.00000242. The first kappa shape index (κ1) is 19.0. The zero-order valence-corrected chi connectivity index (χ0v) is 14.8. The lowest BCUT2D eigenvalue weighted by atomic mass is 10.4. The number of hydrogen-bond donors (Lipinski definition) is 1. The maximum absolute atomic E-state index is 12.1. The number of halogens is 1. The van der Waals surface area contributed by atoms with E-state index in [1.807, 2.05) is 18.7 Å². The molecule has 0 aliphatic carbocycles. The highest BCUT2D eigenvalue weighted by Gasteiger charge is 2.15. The van der Waals surface area contributed by atoms with E-state index >= 15 is 0 Å². The largest absolute Gasteiger partial charge is 0.313 e. The molecule has 22 heavy (non-hydrogen) atoms. The van der Waals surface area contributed by atoms with Gasteiger partial charge >= 0.3 is 0 Å². The third-order valence-electron chi connectivity index (χ3n) is 2.95. The maximum Gasteiger partial charge on any atom is 0.191 e. The van der Waals surface area contributed by atoms with E-state index in [1.54, 1.807) is 30.3 Å². The highest BCUT2D eigenvalue weighted by atomic mass is 35.5. The van der Waals surface area contributed by atoms with Crippen LogP contribution in [0.5, 0.6) is 0 Å². The summed E-state index contributed by atoms with van der Waals surface area (Å²) in [5, 5.41) is 11.9. The zero-order valence-electron chi connectivity index (χ0n) is 12.4. The van der Waals surface area contributed by atoms with E-state index in [1.165, 1.54) is 11.8 Å². The first-order chi connectivity index (χ1) is 10.0. The van der Waals surface area contributed by atoms with Crippen LogP contribution in [0, 0.1) is 0 Å². The Morgan fingerprint density at radius 2 is 1.91 bits per heavy atom. The lowest BCUT2D eigenvalue weighted by Crippen LogP contribution is -2.11. The van der Waals surface area contributed by atoms with Gasteiger partial charge in [0.2, 0.25) is 0 Å². The standard InChI is InChI=1S/C13H18N4O2S2.ClH/c1-14-10-12-15-16-13(17(12)2)20-8-9-21(18,19)11-6-4-3-5-7-11;/h3-7,14H,8-10H2,1-2H3;1H. The number of sulfone groups is 1. The molecule has 0 amide bonds. The van der Waals surface area contributed by atoms with Crippen molar-refractivity contribution >= 4 is 34.0 Å². The van der Waals surface area contributed by atoms with Crippen LogP contribution in [0.15, 0.2) is 40.4 Å². The highest BCUT2D eigenvalue weighted by molar-refractivity contribution is 8.00. The fraction of sp³-hybridized carbons (Fsp3) is 0.385. The lowest BCUT2D eigenvalue weighted by molar-refractivity contribution is 0.597. The number of thioether (sulfide) groups is 1. The second-order valence-corrected chi connectivity index (χ2v) is 7.64. The Morgan fingerprint density at radius 1 is 1.23 bits per heavy atom. The number of hydrogen-bond acceptors (Lipinski definition) is 6. The molecule has 2 rings (SSSR count). The van der Waals surface area contributed by atoms with Crippen LogP contribution in [-0.4, -0.2) is 41.7 Å². The predicted octanol–water partition coefficient (Wildman–Crippen LogP) is 1.52. The molecule has 9 heteroatoms. The first-order valence-corrected chi connectivity index (χ1v) is 9.12. The second kappa shape index (κ2) is 8.52. The van der Waals surface area contributed by atoms with Gasteiger partial charge in [-0.3, -0.25) is 0 Å². The Labute approximate surface area is 141 Å². The van der Waals surface area contributed by atoms with Gasteiger partial charge in [0, 0.05) is 12.8 Å². The summed E-state index contributed by atoms with van der Waals surface area (Å²) in [5.74, 6) is 1.35. The monoisotopic (exact) mass is 362 g/mol. The number of benzene rings is 1. The van der Waals surface area contributed by atoms with Gasteiger partial charge in [0.05, 0.1) is 17.2 Å². The van der Waals surface area contributed by atoms with Crippen molar-refractivity contribution in [1.29, 1.82) is 0 Å². The quantitative estimate of drug-likeness (QED) is 0.752. The fourth-order valence-corrected chi connectivity index (χ4v) is 4.37. The minimum absolute atomic E-state index is 0. The molecule has 0 radical (unpaired) electrons. The maximum atomic E-state index is 12.1. The van der Waals surface area contributed by atoms with Gasteiger partial charge < -0.3 is 9.88 Å². The van der Waals surface area contributed by atoms with Gasteiger partial charge in [0.15, 0.2) is 15.0 Å². The van der Waals surface area contributed by atoms with Crippen LogP contribution in [-0.2, 0) is 23.4 Å². The molecule has 2 aromatic rings. The van der Waals surface area contributed by atoms with Crippen LogP contribution >= 0.6 is 24.2 Å². The molecule has 1 aromatic heterocycles. The molecule has 0 unspecified atom stereocenters. The molecule has 6 nitrogen and oxygen atoms in total. The normalized spacial score (nSPS) is 11.2. The van der Waals surface area contributed by atoms with E-state index in [-0.39, 0.29) is 18.2 Å². The highest BCUT2D eigenvalue weighted by Crippen LogP contribution is 2.18. The molecule has 0 bridgehead atoms. The summed E-state index contributed by atoms with van der Waals surface area (Å²) in [7, 11) is 0.480. The smallest absolute Gasteiger partial charge is 0.191 e. The van der Waals surface area contributed by atoms with Crippen LogP contribution < -0.4 is 5.32 Å². The van der Waals surface area contributed by atoms with Crippen LogP contribution in [0.25, 0.3) is 0 Å². The van der Waals surface area contributed by atoms with Gasteiger partial charge in [0.25, 0.3) is 0 Å². The topological polar surface area (TPSA) is 76.9 Å². The van der Waals surface area contributed by atoms with Crippen LogP contribution in [0.2, 0.25) is 0 Å². The fourth-order valence-electron chi connectivity index (χ4n) is 1.77. The predicted molar refractivity (Wildman–Crippen MR) is 90.2 cm³/mol. The molecule has 1 heterocycles. The number of nitrogens with one attached hydrogen (secondary N) is 1. The van der Waals surface area contributed by atoms with Crippen molar-refractivity contribution in [2.75, 3.05) is 18.6 Å².